The minimum Gasteiger partial charge on any atom is -0.435 e. The third kappa shape index (κ3) is 2.95. The van der Waals surface area contributed by atoms with E-state index in [2.05, 4.69) is 94.7 Å². The number of ether oxygens (including phenoxy) is 1. The van der Waals surface area contributed by atoms with E-state index in [0.717, 1.165) is 28.3 Å². The molecule has 2 heterocycles. The van der Waals surface area contributed by atoms with Gasteiger partial charge >= 0.3 is 0 Å². The summed E-state index contributed by atoms with van der Waals surface area (Å²) in [5, 5.41) is 0. The van der Waals surface area contributed by atoms with Crippen molar-refractivity contribution in [2.24, 2.45) is 0 Å². The lowest BCUT2D eigenvalue weighted by atomic mass is 9.84. The maximum atomic E-state index is 6.22. The standard InChI is InChI=1S/C25H28N2O/c1-15-11-21-24(26-14-15)28-23-16(2)9-8-10-20(23)27(21)22-17(3)12-19(13-18(22)4)25(5,6)7/h8-14H,1-7H3. The average molecular weight is 373 g/mol. The zero-order valence-corrected chi connectivity index (χ0v) is 17.8. The molecule has 1 aliphatic rings. The number of hydrogen-bond donors (Lipinski definition) is 0. The van der Waals surface area contributed by atoms with Crippen LogP contribution in [0.5, 0.6) is 11.6 Å². The van der Waals surface area contributed by atoms with Gasteiger partial charge < -0.3 is 9.64 Å². The predicted molar refractivity (Wildman–Crippen MR) is 117 cm³/mol. The highest BCUT2D eigenvalue weighted by Crippen LogP contribution is 2.52. The molecule has 144 valence electrons. The lowest BCUT2D eigenvalue weighted by Crippen LogP contribution is -2.20. The number of pyridine rings is 1. The summed E-state index contributed by atoms with van der Waals surface area (Å²) in [5.41, 5.74) is 9.47. The summed E-state index contributed by atoms with van der Waals surface area (Å²) < 4.78 is 6.22. The number of para-hydroxylation sites is 1. The molecule has 0 saturated heterocycles. The number of nitrogens with zero attached hydrogens (tertiary/aromatic N) is 2. The third-order valence-corrected chi connectivity index (χ3v) is 5.42. The molecule has 0 spiro atoms. The first-order valence-electron chi connectivity index (χ1n) is 9.83. The van der Waals surface area contributed by atoms with Crippen molar-refractivity contribution >= 4 is 17.1 Å². The van der Waals surface area contributed by atoms with Gasteiger partial charge in [-0.25, -0.2) is 4.98 Å². The fourth-order valence-corrected chi connectivity index (χ4v) is 3.93. The van der Waals surface area contributed by atoms with Crippen molar-refractivity contribution in [1.82, 2.24) is 4.98 Å². The molecule has 0 aliphatic carbocycles. The van der Waals surface area contributed by atoms with Crippen molar-refractivity contribution in [1.29, 1.82) is 0 Å². The summed E-state index contributed by atoms with van der Waals surface area (Å²) in [7, 11) is 0. The summed E-state index contributed by atoms with van der Waals surface area (Å²) in [6.07, 6.45) is 1.86. The largest absolute Gasteiger partial charge is 0.435 e. The number of aromatic nitrogens is 1. The normalized spacial score (nSPS) is 13.0. The SMILES string of the molecule is Cc1cnc2c(c1)N(c1c(C)cc(C(C)(C)C)cc1C)c1cccc(C)c1O2. The van der Waals surface area contributed by atoms with Gasteiger partial charge in [0.25, 0.3) is 0 Å². The van der Waals surface area contributed by atoms with Gasteiger partial charge in [-0.2, -0.15) is 0 Å². The van der Waals surface area contributed by atoms with Crippen LogP contribution in [0, 0.1) is 27.7 Å². The number of anilines is 3. The van der Waals surface area contributed by atoms with E-state index in [1.54, 1.807) is 0 Å². The van der Waals surface area contributed by atoms with E-state index in [-0.39, 0.29) is 5.41 Å². The van der Waals surface area contributed by atoms with Gasteiger partial charge in [-0.3, -0.25) is 0 Å². The molecule has 0 N–H and O–H groups in total. The number of rotatable bonds is 1. The van der Waals surface area contributed by atoms with Crippen LogP contribution < -0.4 is 9.64 Å². The van der Waals surface area contributed by atoms with Gasteiger partial charge in [0, 0.05) is 6.20 Å². The fraction of sp³-hybridized carbons (Fsp3) is 0.320. The molecule has 3 nitrogen and oxygen atoms in total. The van der Waals surface area contributed by atoms with E-state index in [1.807, 2.05) is 6.20 Å². The smallest absolute Gasteiger partial charge is 0.243 e. The third-order valence-electron chi connectivity index (χ3n) is 5.42. The number of fused-ring (bicyclic) bond motifs is 2. The highest BCUT2D eigenvalue weighted by molar-refractivity contribution is 5.88. The van der Waals surface area contributed by atoms with Gasteiger partial charge in [0.1, 0.15) is 5.69 Å². The highest BCUT2D eigenvalue weighted by Gasteiger charge is 2.30. The van der Waals surface area contributed by atoms with Gasteiger partial charge in [0.15, 0.2) is 5.75 Å². The minimum atomic E-state index is 0.115. The molecule has 0 amide bonds. The Bertz CT molecular complexity index is 1050. The maximum Gasteiger partial charge on any atom is 0.243 e. The van der Waals surface area contributed by atoms with Crippen LogP contribution in [0.2, 0.25) is 0 Å². The molecule has 3 aromatic rings. The quantitative estimate of drug-likeness (QED) is 0.353. The Morgan fingerprint density at radius 3 is 2.18 bits per heavy atom. The Morgan fingerprint density at radius 2 is 1.54 bits per heavy atom. The molecule has 1 aromatic heterocycles. The Morgan fingerprint density at radius 1 is 0.857 bits per heavy atom. The van der Waals surface area contributed by atoms with Crippen molar-refractivity contribution in [2.75, 3.05) is 4.90 Å². The molecular weight excluding hydrogens is 344 g/mol. The lowest BCUT2D eigenvalue weighted by molar-refractivity contribution is 0.453. The van der Waals surface area contributed by atoms with E-state index in [4.69, 9.17) is 4.74 Å². The fourth-order valence-electron chi connectivity index (χ4n) is 3.93. The second-order valence-corrected chi connectivity index (χ2v) is 8.91. The molecular formula is C25H28N2O. The Balaban J connectivity index is 2.01. The summed E-state index contributed by atoms with van der Waals surface area (Å²) in [6, 6.07) is 13.1. The van der Waals surface area contributed by atoms with Crippen molar-refractivity contribution in [2.45, 2.75) is 53.9 Å². The summed E-state index contributed by atoms with van der Waals surface area (Å²) in [5.74, 6) is 1.54. The topological polar surface area (TPSA) is 25.4 Å². The second-order valence-electron chi connectivity index (χ2n) is 8.91. The van der Waals surface area contributed by atoms with Crippen molar-refractivity contribution in [3.8, 4) is 11.6 Å². The van der Waals surface area contributed by atoms with E-state index < -0.39 is 0 Å². The first-order valence-corrected chi connectivity index (χ1v) is 9.83. The molecule has 0 fully saturated rings. The van der Waals surface area contributed by atoms with Crippen LogP contribution >= 0.6 is 0 Å². The molecule has 0 radical (unpaired) electrons. The van der Waals surface area contributed by atoms with Gasteiger partial charge in [-0.1, -0.05) is 45.0 Å². The van der Waals surface area contributed by atoms with Crippen LogP contribution in [0.1, 0.15) is 48.6 Å². The molecule has 28 heavy (non-hydrogen) atoms. The zero-order valence-electron chi connectivity index (χ0n) is 17.8. The van der Waals surface area contributed by atoms with Gasteiger partial charge in [0.2, 0.25) is 5.88 Å². The van der Waals surface area contributed by atoms with Gasteiger partial charge in [0.05, 0.1) is 11.4 Å². The van der Waals surface area contributed by atoms with Crippen molar-refractivity contribution in [3.05, 3.63) is 70.4 Å². The van der Waals surface area contributed by atoms with Crippen molar-refractivity contribution in [3.63, 3.8) is 0 Å². The number of aryl methyl sites for hydroxylation is 4. The monoisotopic (exact) mass is 372 g/mol. The average Bonchev–Trinajstić information content (AvgIpc) is 2.60. The number of benzene rings is 2. The van der Waals surface area contributed by atoms with Crippen LogP contribution in [-0.4, -0.2) is 4.98 Å². The Labute approximate surface area is 168 Å². The first-order chi connectivity index (χ1) is 13.2. The zero-order chi connectivity index (χ0) is 20.2. The van der Waals surface area contributed by atoms with Gasteiger partial charge in [-0.05, 0) is 73.1 Å². The Hall–Kier alpha value is -2.81. The molecule has 0 saturated carbocycles. The van der Waals surface area contributed by atoms with Crippen LogP contribution in [0.25, 0.3) is 0 Å². The molecule has 2 aromatic carbocycles. The van der Waals surface area contributed by atoms with E-state index in [0.29, 0.717) is 5.88 Å². The van der Waals surface area contributed by atoms with Crippen LogP contribution in [0.3, 0.4) is 0 Å². The highest BCUT2D eigenvalue weighted by atomic mass is 16.5. The van der Waals surface area contributed by atoms with Crippen LogP contribution in [0.15, 0.2) is 42.6 Å². The Kier molecular flexibility index (Phi) is 4.22. The minimum absolute atomic E-state index is 0.115. The van der Waals surface area contributed by atoms with Crippen LogP contribution in [0.4, 0.5) is 17.1 Å². The predicted octanol–water partition coefficient (Wildman–Crippen LogP) is 7.19. The number of hydrogen-bond acceptors (Lipinski definition) is 3. The van der Waals surface area contributed by atoms with E-state index >= 15 is 0 Å². The molecule has 1 aliphatic heterocycles. The second kappa shape index (κ2) is 6.37. The molecule has 3 heteroatoms. The van der Waals surface area contributed by atoms with E-state index in [9.17, 15) is 0 Å². The molecule has 0 bridgehead atoms. The first kappa shape index (κ1) is 18.5. The van der Waals surface area contributed by atoms with E-state index in [1.165, 1.54) is 22.4 Å². The summed E-state index contributed by atoms with van der Waals surface area (Å²) in [4.78, 5) is 6.90. The lowest BCUT2D eigenvalue weighted by Gasteiger charge is -2.35. The molecule has 0 atom stereocenters. The molecule has 0 unspecified atom stereocenters. The molecule has 4 rings (SSSR count). The van der Waals surface area contributed by atoms with Crippen molar-refractivity contribution < 1.29 is 4.74 Å². The van der Waals surface area contributed by atoms with Crippen LogP contribution in [-0.2, 0) is 5.41 Å². The summed E-state index contributed by atoms with van der Waals surface area (Å²) >= 11 is 0. The summed E-state index contributed by atoms with van der Waals surface area (Å²) in [6.45, 7) is 15.3. The maximum absolute atomic E-state index is 6.22. The van der Waals surface area contributed by atoms with Gasteiger partial charge in [-0.15, -0.1) is 0 Å².